The molecule has 20 heavy (non-hydrogen) atoms. The summed E-state index contributed by atoms with van der Waals surface area (Å²) in [5, 5.41) is 8.98. The van der Waals surface area contributed by atoms with Crippen LogP contribution in [0.2, 0.25) is 0 Å². The van der Waals surface area contributed by atoms with Gasteiger partial charge in [0.25, 0.3) is 0 Å². The van der Waals surface area contributed by atoms with Crippen molar-refractivity contribution >= 4 is 11.0 Å². The number of para-hydroxylation sites is 2. The lowest BCUT2D eigenvalue weighted by Gasteiger charge is -2.05. The van der Waals surface area contributed by atoms with Gasteiger partial charge < -0.3 is 4.57 Å². The van der Waals surface area contributed by atoms with E-state index >= 15 is 0 Å². The predicted molar refractivity (Wildman–Crippen MR) is 74.6 cm³/mol. The maximum absolute atomic E-state index is 12.9. The van der Waals surface area contributed by atoms with E-state index in [2.05, 4.69) is 11.1 Å². The van der Waals surface area contributed by atoms with Crippen LogP contribution in [0, 0.1) is 17.1 Å². The van der Waals surface area contributed by atoms with E-state index in [0.717, 1.165) is 22.4 Å². The van der Waals surface area contributed by atoms with E-state index in [4.69, 9.17) is 5.26 Å². The van der Waals surface area contributed by atoms with Crippen LogP contribution in [0.15, 0.2) is 48.5 Å². The maximum Gasteiger partial charge on any atom is 0.123 e. The highest BCUT2D eigenvalue weighted by Crippen LogP contribution is 2.18. The van der Waals surface area contributed by atoms with E-state index in [1.165, 1.54) is 12.1 Å². The fourth-order valence-corrected chi connectivity index (χ4v) is 2.29. The highest BCUT2D eigenvalue weighted by Gasteiger charge is 2.10. The molecule has 0 aliphatic heterocycles. The summed E-state index contributed by atoms with van der Waals surface area (Å²) in [6, 6.07) is 16.3. The van der Waals surface area contributed by atoms with E-state index in [1.807, 2.05) is 28.8 Å². The Hall–Kier alpha value is -2.67. The Bertz CT molecular complexity index is 782. The zero-order chi connectivity index (χ0) is 13.9. The number of hydrogen-bond donors (Lipinski definition) is 0. The number of fused-ring (bicyclic) bond motifs is 1. The number of benzene rings is 2. The predicted octanol–water partition coefficient (Wildman–Crippen LogP) is 3.29. The third-order valence-electron chi connectivity index (χ3n) is 3.24. The largest absolute Gasteiger partial charge is 0.314 e. The van der Waals surface area contributed by atoms with Crippen LogP contribution in [0.25, 0.3) is 11.0 Å². The molecule has 2 aromatic carbocycles. The van der Waals surface area contributed by atoms with Gasteiger partial charge in [0.1, 0.15) is 18.2 Å². The van der Waals surface area contributed by atoms with Crippen molar-refractivity contribution in [3.63, 3.8) is 0 Å². The molecule has 0 aliphatic rings. The first-order valence-corrected chi connectivity index (χ1v) is 6.33. The van der Waals surface area contributed by atoms with Crippen LogP contribution >= 0.6 is 0 Å². The summed E-state index contributed by atoms with van der Waals surface area (Å²) in [4.78, 5) is 4.57. The molecule has 0 aliphatic carbocycles. The molecule has 1 aromatic heterocycles. The second-order valence-corrected chi connectivity index (χ2v) is 4.56. The van der Waals surface area contributed by atoms with Gasteiger partial charge in [-0.1, -0.05) is 24.3 Å². The van der Waals surface area contributed by atoms with Crippen LogP contribution < -0.4 is 0 Å². The highest BCUT2D eigenvalue weighted by molar-refractivity contribution is 5.76. The monoisotopic (exact) mass is 265 g/mol. The zero-order valence-corrected chi connectivity index (χ0v) is 10.8. The number of imidazole rings is 1. The first kappa shape index (κ1) is 12.4. The minimum absolute atomic E-state index is 0.251. The molecule has 4 heteroatoms. The van der Waals surface area contributed by atoms with Crippen LogP contribution in [-0.4, -0.2) is 9.55 Å². The van der Waals surface area contributed by atoms with Crippen LogP contribution in [0.4, 0.5) is 4.39 Å². The average Bonchev–Trinajstić information content (AvgIpc) is 2.80. The second-order valence-electron chi connectivity index (χ2n) is 4.56. The molecule has 0 bridgehead atoms. The van der Waals surface area contributed by atoms with Gasteiger partial charge in [0.2, 0.25) is 0 Å². The molecule has 3 rings (SSSR count). The van der Waals surface area contributed by atoms with Gasteiger partial charge in [-0.2, -0.15) is 5.26 Å². The Morgan fingerprint density at radius 2 is 1.85 bits per heavy atom. The molecule has 1 heterocycles. The molecule has 0 fully saturated rings. The van der Waals surface area contributed by atoms with Crippen molar-refractivity contribution in [2.24, 2.45) is 0 Å². The molecular weight excluding hydrogens is 253 g/mol. The lowest BCUT2D eigenvalue weighted by Crippen LogP contribution is -2.03. The summed E-state index contributed by atoms with van der Waals surface area (Å²) in [5.41, 5.74) is 2.80. The van der Waals surface area contributed by atoms with Crippen molar-refractivity contribution in [3.8, 4) is 6.07 Å². The summed E-state index contributed by atoms with van der Waals surface area (Å²) < 4.78 is 14.8. The van der Waals surface area contributed by atoms with Gasteiger partial charge in [0, 0.05) is 6.42 Å². The standard InChI is InChI=1S/C16H12FN3/c17-13-7-5-12(6-8-13)11-16-19-14-3-1-2-4-15(14)20(16)10-9-18/h1-8H,10-11H2. The van der Waals surface area contributed by atoms with Gasteiger partial charge in [0.05, 0.1) is 17.1 Å². The number of halogens is 1. The number of rotatable bonds is 3. The molecule has 98 valence electrons. The van der Waals surface area contributed by atoms with Crippen molar-refractivity contribution < 1.29 is 4.39 Å². The number of aromatic nitrogens is 2. The van der Waals surface area contributed by atoms with Crippen molar-refractivity contribution in [1.29, 1.82) is 5.26 Å². The van der Waals surface area contributed by atoms with Crippen LogP contribution in [0.5, 0.6) is 0 Å². The third-order valence-corrected chi connectivity index (χ3v) is 3.24. The molecule has 0 spiro atoms. The van der Waals surface area contributed by atoms with E-state index in [1.54, 1.807) is 12.1 Å². The molecule has 3 nitrogen and oxygen atoms in total. The van der Waals surface area contributed by atoms with E-state index in [0.29, 0.717) is 6.42 Å². The molecule has 0 radical (unpaired) electrons. The van der Waals surface area contributed by atoms with Gasteiger partial charge in [0.15, 0.2) is 0 Å². The van der Waals surface area contributed by atoms with Crippen molar-refractivity contribution in [3.05, 3.63) is 65.7 Å². The second kappa shape index (κ2) is 5.14. The smallest absolute Gasteiger partial charge is 0.123 e. The Kier molecular flexibility index (Phi) is 3.18. The number of hydrogen-bond acceptors (Lipinski definition) is 2. The topological polar surface area (TPSA) is 41.6 Å². The summed E-state index contributed by atoms with van der Waals surface area (Å²) in [6.45, 7) is 0.261. The van der Waals surface area contributed by atoms with Gasteiger partial charge in [-0.3, -0.25) is 0 Å². The zero-order valence-electron chi connectivity index (χ0n) is 10.8. The van der Waals surface area contributed by atoms with Gasteiger partial charge in [-0.05, 0) is 29.8 Å². The molecule has 0 amide bonds. The van der Waals surface area contributed by atoms with E-state index < -0.39 is 0 Å². The minimum atomic E-state index is -0.251. The first-order chi connectivity index (χ1) is 9.78. The lowest BCUT2D eigenvalue weighted by atomic mass is 10.1. The Morgan fingerprint density at radius 3 is 2.60 bits per heavy atom. The van der Waals surface area contributed by atoms with Crippen LogP contribution in [0.3, 0.4) is 0 Å². The quantitative estimate of drug-likeness (QED) is 0.729. The van der Waals surface area contributed by atoms with Crippen molar-refractivity contribution in [1.82, 2.24) is 9.55 Å². The lowest BCUT2D eigenvalue weighted by molar-refractivity contribution is 0.627. The summed E-state index contributed by atoms with van der Waals surface area (Å²) in [7, 11) is 0. The molecule has 0 saturated carbocycles. The summed E-state index contributed by atoms with van der Waals surface area (Å²) in [6.07, 6.45) is 0.580. The Morgan fingerprint density at radius 1 is 1.10 bits per heavy atom. The van der Waals surface area contributed by atoms with Gasteiger partial charge >= 0.3 is 0 Å². The number of nitrogens with zero attached hydrogens (tertiary/aromatic N) is 3. The first-order valence-electron chi connectivity index (χ1n) is 6.33. The van der Waals surface area contributed by atoms with E-state index in [9.17, 15) is 4.39 Å². The van der Waals surface area contributed by atoms with E-state index in [-0.39, 0.29) is 12.4 Å². The molecule has 3 aromatic rings. The molecule has 0 atom stereocenters. The molecular formula is C16H12FN3. The fourth-order valence-electron chi connectivity index (χ4n) is 2.29. The average molecular weight is 265 g/mol. The minimum Gasteiger partial charge on any atom is -0.314 e. The maximum atomic E-state index is 12.9. The summed E-state index contributed by atoms with van der Waals surface area (Å²) >= 11 is 0. The molecule has 0 N–H and O–H groups in total. The SMILES string of the molecule is N#CCn1c(Cc2ccc(F)cc2)nc2ccccc21. The van der Waals surface area contributed by atoms with Crippen LogP contribution in [-0.2, 0) is 13.0 Å². The van der Waals surface area contributed by atoms with Crippen LogP contribution in [0.1, 0.15) is 11.4 Å². The van der Waals surface area contributed by atoms with Gasteiger partial charge in [-0.15, -0.1) is 0 Å². The fraction of sp³-hybridized carbons (Fsp3) is 0.125. The highest BCUT2D eigenvalue weighted by atomic mass is 19.1. The van der Waals surface area contributed by atoms with Crippen molar-refractivity contribution in [2.75, 3.05) is 0 Å². The van der Waals surface area contributed by atoms with Gasteiger partial charge in [-0.25, -0.2) is 9.37 Å². The summed E-state index contributed by atoms with van der Waals surface area (Å²) in [5.74, 6) is 0.568. The normalized spacial score (nSPS) is 10.6. The Balaban J connectivity index is 2.04. The Labute approximate surface area is 115 Å². The molecule has 0 saturated heterocycles. The number of nitriles is 1. The third kappa shape index (κ3) is 2.26. The molecule has 0 unspecified atom stereocenters. The van der Waals surface area contributed by atoms with Crippen molar-refractivity contribution in [2.45, 2.75) is 13.0 Å².